The first-order chi connectivity index (χ1) is 21.0. The van der Waals surface area contributed by atoms with Gasteiger partial charge in [-0.1, -0.05) is 18.2 Å². The second-order valence-corrected chi connectivity index (χ2v) is 11.3. The van der Waals surface area contributed by atoms with E-state index in [0.29, 0.717) is 24.5 Å². The van der Waals surface area contributed by atoms with Gasteiger partial charge in [-0.15, -0.1) is 0 Å². The first-order valence-electron chi connectivity index (χ1n) is 14.4. The molecule has 0 aliphatic carbocycles. The molecule has 1 aliphatic heterocycles. The van der Waals surface area contributed by atoms with Crippen molar-refractivity contribution in [2.75, 3.05) is 23.7 Å². The molecule has 3 heterocycles. The number of carbonyl (C=O) groups excluding carboxylic acids is 2. The number of carbonyl (C=O) groups is 2. The van der Waals surface area contributed by atoms with Gasteiger partial charge in [0, 0.05) is 37.1 Å². The molecule has 0 atom stereocenters. The smallest absolute Gasteiger partial charge is 0.323 e. The van der Waals surface area contributed by atoms with Gasteiger partial charge in [-0.3, -0.25) is 19.6 Å². The molecule has 5 rings (SSSR count). The van der Waals surface area contributed by atoms with Crippen LogP contribution in [0, 0.1) is 12.7 Å². The van der Waals surface area contributed by atoms with Crippen molar-refractivity contribution in [1.82, 2.24) is 19.2 Å². The van der Waals surface area contributed by atoms with Crippen LogP contribution in [-0.4, -0.2) is 55.0 Å². The number of aromatic nitrogens is 3. The lowest BCUT2D eigenvalue weighted by Crippen LogP contribution is -2.38. The number of piperidine rings is 1. The van der Waals surface area contributed by atoms with Gasteiger partial charge in [-0.2, -0.15) is 0 Å². The van der Waals surface area contributed by atoms with E-state index in [1.54, 1.807) is 54.6 Å². The highest BCUT2D eigenvalue weighted by molar-refractivity contribution is 6.05. The van der Waals surface area contributed by atoms with Gasteiger partial charge in [-0.05, 0) is 70.4 Å². The fourth-order valence-electron chi connectivity index (χ4n) is 5.10. The van der Waals surface area contributed by atoms with Gasteiger partial charge in [0.1, 0.15) is 17.1 Å². The molecule has 0 radical (unpaired) electrons. The third-order valence-corrected chi connectivity index (χ3v) is 7.19. The fraction of sp³-hybridized carbons (Fsp3) is 0.312. The Kier molecular flexibility index (Phi) is 8.81. The van der Waals surface area contributed by atoms with Crippen LogP contribution in [0.15, 0.2) is 71.7 Å². The standard InChI is InChI=1S/C32H35FN6O5/c1-21-28(30(41)39(23-10-6-4-7-11-23)38(21)20-32(2,3)43)29(40)35-22-12-13-26(25(33)18-22)44-24-14-15-34-27(19-24)36-31(42)37-16-8-5-9-17-37/h4,6-7,10-15,18-19,43H,5,8-9,16-17,20H2,1-3H3,(H,35,40)(H,34,36,42). The summed E-state index contributed by atoms with van der Waals surface area (Å²) in [6.45, 7) is 6.26. The van der Waals surface area contributed by atoms with E-state index in [9.17, 15) is 19.5 Å². The van der Waals surface area contributed by atoms with E-state index in [1.807, 2.05) is 6.07 Å². The zero-order chi connectivity index (χ0) is 31.4. The molecule has 3 N–H and O–H groups in total. The molecule has 1 saturated heterocycles. The maximum atomic E-state index is 15.1. The highest BCUT2D eigenvalue weighted by Crippen LogP contribution is 2.28. The lowest BCUT2D eigenvalue weighted by molar-refractivity contribution is 0.0546. The van der Waals surface area contributed by atoms with E-state index >= 15 is 4.39 Å². The largest absolute Gasteiger partial charge is 0.454 e. The molecule has 2 aromatic carbocycles. The summed E-state index contributed by atoms with van der Waals surface area (Å²) in [7, 11) is 0. The summed E-state index contributed by atoms with van der Waals surface area (Å²) in [5.41, 5.74) is -0.883. The zero-order valence-corrected chi connectivity index (χ0v) is 24.8. The first kappa shape index (κ1) is 30.5. The van der Waals surface area contributed by atoms with Crippen molar-refractivity contribution in [1.29, 1.82) is 0 Å². The SMILES string of the molecule is Cc1c(C(=O)Nc2ccc(Oc3ccnc(NC(=O)N4CCCCC4)c3)c(F)c2)c(=O)n(-c2ccccc2)n1CC(C)(C)O. The number of para-hydroxylation sites is 1. The fourth-order valence-corrected chi connectivity index (χ4v) is 5.10. The third-order valence-electron chi connectivity index (χ3n) is 7.19. The number of benzene rings is 2. The lowest BCUT2D eigenvalue weighted by Gasteiger charge is -2.26. The Morgan fingerprint density at radius 2 is 1.75 bits per heavy atom. The van der Waals surface area contributed by atoms with Gasteiger partial charge in [0.2, 0.25) is 0 Å². The number of aliphatic hydroxyl groups is 1. The van der Waals surface area contributed by atoms with Gasteiger partial charge in [0.05, 0.1) is 23.5 Å². The summed E-state index contributed by atoms with van der Waals surface area (Å²) >= 11 is 0. The topological polar surface area (TPSA) is 131 Å². The van der Waals surface area contributed by atoms with Crippen molar-refractivity contribution in [3.63, 3.8) is 0 Å². The molecular formula is C32H35FN6O5. The van der Waals surface area contributed by atoms with Crippen LogP contribution in [0.4, 0.5) is 20.7 Å². The number of anilines is 2. The van der Waals surface area contributed by atoms with Crippen LogP contribution < -0.4 is 20.9 Å². The van der Waals surface area contributed by atoms with Crippen LogP contribution in [0.3, 0.4) is 0 Å². The van der Waals surface area contributed by atoms with Crippen LogP contribution in [0.25, 0.3) is 5.69 Å². The number of pyridine rings is 1. The molecule has 0 bridgehead atoms. The second-order valence-electron chi connectivity index (χ2n) is 11.3. The minimum absolute atomic E-state index is 0.0512. The molecule has 12 heteroatoms. The number of likely N-dealkylation sites (tertiary alicyclic amines) is 1. The Labute approximate surface area is 253 Å². The van der Waals surface area contributed by atoms with E-state index in [-0.39, 0.29) is 41.1 Å². The van der Waals surface area contributed by atoms with E-state index in [4.69, 9.17) is 4.74 Å². The quantitative estimate of drug-likeness (QED) is 0.250. The number of urea groups is 1. The van der Waals surface area contributed by atoms with Crippen LogP contribution >= 0.6 is 0 Å². The molecule has 2 aromatic heterocycles. The van der Waals surface area contributed by atoms with Gasteiger partial charge >= 0.3 is 6.03 Å². The van der Waals surface area contributed by atoms with Crippen molar-refractivity contribution in [3.8, 4) is 17.2 Å². The number of nitrogens with zero attached hydrogens (tertiary/aromatic N) is 4. The molecular weight excluding hydrogens is 567 g/mol. The Morgan fingerprint density at radius 1 is 1.02 bits per heavy atom. The van der Waals surface area contributed by atoms with Gasteiger partial charge in [0.25, 0.3) is 11.5 Å². The highest BCUT2D eigenvalue weighted by Gasteiger charge is 2.27. The molecule has 230 valence electrons. The van der Waals surface area contributed by atoms with E-state index < -0.39 is 22.9 Å². The molecule has 0 spiro atoms. The normalized spacial score (nSPS) is 13.4. The van der Waals surface area contributed by atoms with E-state index in [0.717, 1.165) is 25.3 Å². The maximum absolute atomic E-state index is 15.1. The minimum atomic E-state index is -1.17. The molecule has 0 unspecified atom stereocenters. The number of halogens is 1. The van der Waals surface area contributed by atoms with Crippen molar-refractivity contribution >= 4 is 23.4 Å². The summed E-state index contributed by atoms with van der Waals surface area (Å²) in [6, 6.07) is 15.5. The number of ether oxygens (including phenoxy) is 1. The number of rotatable bonds is 8. The third kappa shape index (κ3) is 6.97. The zero-order valence-electron chi connectivity index (χ0n) is 24.8. The van der Waals surface area contributed by atoms with Crippen molar-refractivity contribution in [2.45, 2.75) is 52.2 Å². The number of nitrogens with one attached hydrogen (secondary N) is 2. The predicted octanol–water partition coefficient (Wildman–Crippen LogP) is 5.31. The highest BCUT2D eigenvalue weighted by atomic mass is 19.1. The summed E-state index contributed by atoms with van der Waals surface area (Å²) in [6.07, 6.45) is 4.46. The summed E-state index contributed by atoms with van der Waals surface area (Å²) in [5.74, 6) is -1.05. The first-order valence-corrected chi connectivity index (χ1v) is 14.4. The average Bonchev–Trinajstić information content (AvgIpc) is 3.23. The van der Waals surface area contributed by atoms with Crippen LogP contribution in [-0.2, 0) is 6.54 Å². The molecule has 4 aromatic rings. The summed E-state index contributed by atoms with van der Waals surface area (Å²) in [4.78, 5) is 45.3. The van der Waals surface area contributed by atoms with Crippen molar-refractivity contribution < 1.29 is 23.8 Å². The summed E-state index contributed by atoms with van der Waals surface area (Å²) in [5, 5.41) is 15.8. The molecule has 1 aliphatic rings. The maximum Gasteiger partial charge on any atom is 0.323 e. The Morgan fingerprint density at radius 3 is 2.43 bits per heavy atom. The Balaban J connectivity index is 1.32. The molecule has 11 nitrogen and oxygen atoms in total. The van der Waals surface area contributed by atoms with Crippen LogP contribution in [0.5, 0.6) is 11.5 Å². The van der Waals surface area contributed by atoms with E-state index in [1.165, 1.54) is 35.1 Å². The van der Waals surface area contributed by atoms with Crippen LogP contribution in [0.1, 0.15) is 49.2 Å². The molecule has 1 fully saturated rings. The monoisotopic (exact) mass is 602 g/mol. The minimum Gasteiger partial charge on any atom is -0.454 e. The van der Waals surface area contributed by atoms with Crippen molar-refractivity contribution in [2.24, 2.45) is 0 Å². The van der Waals surface area contributed by atoms with Crippen LogP contribution in [0.2, 0.25) is 0 Å². The number of hydrogen-bond donors (Lipinski definition) is 3. The van der Waals surface area contributed by atoms with Crippen molar-refractivity contribution in [3.05, 3.63) is 94.3 Å². The average molecular weight is 603 g/mol. The van der Waals surface area contributed by atoms with E-state index in [2.05, 4.69) is 15.6 Å². The lowest BCUT2D eigenvalue weighted by atomic mass is 10.1. The van der Waals surface area contributed by atoms with Gasteiger partial charge in [0.15, 0.2) is 11.6 Å². The number of hydrogen-bond acceptors (Lipinski definition) is 6. The molecule has 3 amide bonds. The predicted molar refractivity (Wildman–Crippen MR) is 164 cm³/mol. The van der Waals surface area contributed by atoms with Gasteiger partial charge < -0.3 is 20.1 Å². The Hall–Kier alpha value is -4.97. The number of amides is 3. The Bertz CT molecular complexity index is 1720. The van der Waals surface area contributed by atoms with Gasteiger partial charge in [-0.25, -0.2) is 18.9 Å². The second kappa shape index (κ2) is 12.7. The molecule has 44 heavy (non-hydrogen) atoms. The molecule has 0 saturated carbocycles. The summed E-state index contributed by atoms with van der Waals surface area (Å²) < 4.78 is 23.7.